The second-order valence-electron chi connectivity index (χ2n) is 5.00. The second-order valence-corrected chi connectivity index (χ2v) is 5.00. The zero-order valence-electron chi connectivity index (χ0n) is 11.1. The molecule has 1 aromatic rings. The van der Waals surface area contributed by atoms with Gasteiger partial charge in [0.05, 0.1) is 6.54 Å². The molecule has 18 heavy (non-hydrogen) atoms. The molecule has 0 aliphatic carbocycles. The van der Waals surface area contributed by atoms with E-state index in [1.807, 2.05) is 18.7 Å². The van der Waals surface area contributed by atoms with Crippen LogP contribution in [-0.2, 0) is 11.3 Å². The Morgan fingerprint density at radius 3 is 2.89 bits per heavy atom. The molecule has 1 aromatic heterocycles. The fraction of sp³-hybridized carbons (Fsp3) is 0.750. The van der Waals surface area contributed by atoms with Crippen LogP contribution in [0.2, 0.25) is 0 Å². The molecule has 1 amide bonds. The molecule has 2 rings (SSSR count). The third-order valence-corrected chi connectivity index (χ3v) is 3.17. The summed E-state index contributed by atoms with van der Waals surface area (Å²) in [5.41, 5.74) is 0. The van der Waals surface area contributed by atoms with E-state index in [0.717, 1.165) is 19.5 Å². The zero-order valence-corrected chi connectivity index (χ0v) is 11.1. The van der Waals surface area contributed by atoms with E-state index >= 15 is 0 Å². The number of hydrogen-bond acceptors (Lipinski definition) is 5. The van der Waals surface area contributed by atoms with E-state index in [9.17, 15) is 4.79 Å². The molecule has 0 radical (unpaired) electrons. The van der Waals surface area contributed by atoms with Crippen LogP contribution < -0.4 is 5.32 Å². The minimum Gasteiger partial charge on any atom is -0.339 e. The SMILES string of the molecule is CC(=O)N(Cc1noc(C(C)C)n1)C1CCNC1. The summed E-state index contributed by atoms with van der Waals surface area (Å²) in [4.78, 5) is 17.8. The van der Waals surface area contributed by atoms with Crippen molar-refractivity contribution >= 4 is 5.91 Å². The Labute approximate surface area is 107 Å². The van der Waals surface area contributed by atoms with E-state index in [1.54, 1.807) is 6.92 Å². The summed E-state index contributed by atoms with van der Waals surface area (Å²) in [5.74, 6) is 1.48. The van der Waals surface area contributed by atoms with Gasteiger partial charge in [-0.05, 0) is 13.0 Å². The summed E-state index contributed by atoms with van der Waals surface area (Å²) in [5, 5.41) is 7.19. The highest BCUT2D eigenvalue weighted by atomic mass is 16.5. The number of nitrogens with one attached hydrogen (secondary N) is 1. The number of hydrogen-bond donors (Lipinski definition) is 1. The van der Waals surface area contributed by atoms with Crippen molar-refractivity contribution in [2.45, 2.75) is 45.7 Å². The maximum Gasteiger partial charge on any atom is 0.229 e. The van der Waals surface area contributed by atoms with Crippen molar-refractivity contribution < 1.29 is 9.32 Å². The van der Waals surface area contributed by atoms with E-state index in [4.69, 9.17) is 4.52 Å². The van der Waals surface area contributed by atoms with Gasteiger partial charge in [0.1, 0.15) is 0 Å². The number of rotatable bonds is 4. The molecule has 0 saturated carbocycles. The minimum absolute atomic E-state index is 0.0552. The van der Waals surface area contributed by atoms with E-state index in [2.05, 4.69) is 15.5 Å². The molecule has 2 heterocycles. The molecule has 100 valence electrons. The lowest BCUT2D eigenvalue weighted by atomic mass is 10.2. The van der Waals surface area contributed by atoms with Crippen LogP contribution in [0.3, 0.4) is 0 Å². The van der Waals surface area contributed by atoms with Gasteiger partial charge < -0.3 is 14.7 Å². The Morgan fingerprint density at radius 1 is 1.61 bits per heavy atom. The molecule has 0 aromatic carbocycles. The summed E-state index contributed by atoms with van der Waals surface area (Å²) >= 11 is 0. The Balaban J connectivity index is 2.05. The molecule has 1 fully saturated rings. The number of amides is 1. The molecular weight excluding hydrogens is 232 g/mol. The van der Waals surface area contributed by atoms with Gasteiger partial charge in [-0.3, -0.25) is 4.79 Å². The van der Waals surface area contributed by atoms with E-state index in [0.29, 0.717) is 18.3 Å². The van der Waals surface area contributed by atoms with Crippen molar-refractivity contribution in [3.8, 4) is 0 Å². The first-order valence-corrected chi connectivity index (χ1v) is 6.38. The first kappa shape index (κ1) is 13.0. The summed E-state index contributed by atoms with van der Waals surface area (Å²) < 4.78 is 5.15. The molecular formula is C12H20N4O2. The van der Waals surface area contributed by atoms with Crippen LogP contribution >= 0.6 is 0 Å². The summed E-state index contributed by atoms with van der Waals surface area (Å²) in [6.07, 6.45) is 0.981. The highest BCUT2D eigenvalue weighted by Gasteiger charge is 2.26. The first-order chi connectivity index (χ1) is 8.58. The van der Waals surface area contributed by atoms with Gasteiger partial charge in [-0.1, -0.05) is 19.0 Å². The first-order valence-electron chi connectivity index (χ1n) is 6.38. The van der Waals surface area contributed by atoms with Crippen molar-refractivity contribution in [1.29, 1.82) is 0 Å². The monoisotopic (exact) mass is 252 g/mol. The number of nitrogens with zero attached hydrogens (tertiary/aromatic N) is 3. The van der Waals surface area contributed by atoms with Crippen LogP contribution in [0.25, 0.3) is 0 Å². The normalized spacial score (nSPS) is 19.4. The molecule has 6 heteroatoms. The van der Waals surface area contributed by atoms with Crippen molar-refractivity contribution in [3.05, 3.63) is 11.7 Å². The van der Waals surface area contributed by atoms with Gasteiger partial charge >= 0.3 is 0 Å². The van der Waals surface area contributed by atoms with Gasteiger partial charge in [0.15, 0.2) is 5.82 Å². The molecule has 0 bridgehead atoms. The van der Waals surface area contributed by atoms with Crippen LogP contribution in [-0.4, -0.2) is 40.1 Å². The standard InChI is InChI=1S/C12H20N4O2/c1-8(2)12-14-11(15-18-12)7-16(9(3)17)10-4-5-13-6-10/h8,10,13H,4-7H2,1-3H3. The van der Waals surface area contributed by atoms with Crippen LogP contribution in [0.5, 0.6) is 0 Å². The van der Waals surface area contributed by atoms with Crippen LogP contribution in [0.4, 0.5) is 0 Å². The lowest BCUT2D eigenvalue weighted by Crippen LogP contribution is -2.39. The van der Waals surface area contributed by atoms with Crippen molar-refractivity contribution in [2.24, 2.45) is 0 Å². The van der Waals surface area contributed by atoms with Crippen molar-refractivity contribution in [3.63, 3.8) is 0 Å². The van der Waals surface area contributed by atoms with Crippen LogP contribution in [0, 0.1) is 0 Å². The predicted molar refractivity (Wildman–Crippen MR) is 65.9 cm³/mol. The van der Waals surface area contributed by atoms with Gasteiger partial charge in [-0.25, -0.2) is 0 Å². The molecule has 1 unspecified atom stereocenters. The topological polar surface area (TPSA) is 71.3 Å². The van der Waals surface area contributed by atoms with Gasteiger partial charge in [0.2, 0.25) is 11.8 Å². The molecule has 1 N–H and O–H groups in total. The number of carbonyl (C=O) groups is 1. The summed E-state index contributed by atoms with van der Waals surface area (Å²) in [6, 6.07) is 0.239. The Morgan fingerprint density at radius 2 is 2.39 bits per heavy atom. The van der Waals surface area contributed by atoms with Gasteiger partial charge in [-0.2, -0.15) is 4.98 Å². The maximum atomic E-state index is 11.7. The largest absolute Gasteiger partial charge is 0.339 e. The third kappa shape index (κ3) is 2.87. The zero-order chi connectivity index (χ0) is 13.1. The Kier molecular flexibility index (Phi) is 3.96. The Bertz CT molecular complexity index is 410. The molecule has 0 spiro atoms. The van der Waals surface area contributed by atoms with Crippen LogP contribution in [0.1, 0.15) is 44.8 Å². The fourth-order valence-electron chi connectivity index (χ4n) is 2.12. The van der Waals surface area contributed by atoms with Gasteiger partial charge in [-0.15, -0.1) is 0 Å². The molecule has 1 aliphatic rings. The van der Waals surface area contributed by atoms with Crippen LogP contribution in [0.15, 0.2) is 4.52 Å². The summed E-state index contributed by atoms with van der Waals surface area (Å²) in [7, 11) is 0. The summed E-state index contributed by atoms with van der Waals surface area (Å²) in [6.45, 7) is 7.81. The van der Waals surface area contributed by atoms with E-state index < -0.39 is 0 Å². The lowest BCUT2D eigenvalue weighted by molar-refractivity contribution is -0.131. The predicted octanol–water partition coefficient (Wildman–Crippen LogP) is 0.903. The average molecular weight is 252 g/mol. The quantitative estimate of drug-likeness (QED) is 0.862. The maximum absolute atomic E-state index is 11.7. The molecule has 1 aliphatic heterocycles. The highest BCUT2D eigenvalue weighted by molar-refractivity contribution is 5.73. The molecule has 1 atom stereocenters. The van der Waals surface area contributed by atoms with Crippen molar-refractivity contribution in [1.82, 2.24) is 20.4 Å². The number of carbonyl (C=O) groups excluding carboxylic acids is 1. The van der Waals surface area contributed by atoms with Crippen molar-refractivity contribution in [2.75, 3.05) is 13.1 Å². The van der Waals surface area contributed by atoms with E-state index in [1.165, 1.54) is 0 Å². The van der Waals surface area contributed by atoms with E-state index in [-0.39, 0.29) is 17.9 Å². The van der Waals surface area contributed by atoms with Gasteiger partial charge in [0, 0.05) is 25.4 Å². The minimum atomic E-state index is 0.0552. The third-order valence-electron chi connectivity index (χ3n) is 3.17. The average Bonchev–Trinajstić information content (AvgIpc) is 2.96. The molecule has 6 nitrogen and oxygen atoms in total. The second kappa shape index (κ2) is 5.48. The molecule has 1 saturated heterocycles. The Hall–Kier alpha value is -1.43. The highest BCUT2D eigenvalue weighted by Crippen LogP contribution is 2.15. The number of aromatic nitrogens is 2. The van der Waals surface area contributed by atoms with Gasteiger partial charge in [0.25, 0.3) is 0 Å². The smallest absolute Gasteiger partial charge is 0.229 e. The fourth-order valence-corrected chi connectivity index (χ4v) is 2.12. The lowest BCUT2D eigenvalue weighted by Gasteiger charge is -2.25.